The van der Waals surface area contributed by atoms with Gasteiger partial charge in [0.1, 0.15) is 11.6 Å². The molecule has 0 heterocycles. The molecule has 0 radical (unpaired) electrons. The van der Waals surface area contributed by atoms with E-state index in [2.05, 4.69) is 18.7 Å². The lowest BCUT2D eigenvalue weighted by molar-refractivity contribution is 0.270. The number of nitrogens with two attached hydrogens (primary N) is 1. The minimum atomic E-state index is 0.0977. The van der Waals surface area contributed by atoms with Crippen molar-refractivity contribution in [1.29, 1.82) is 5.41 Å². The van der Waals surface area contributed by atoms with Crippen molar-refractivity contribution < 1.29 is 4.74 Å². The molecule has 4 heteroatoms. The highest BCUT2D eigenvalue weighted by molar-refractivity contribution is 5.95. The van der Waals surface area contributed by atoms with Gasteiger partial charge in [-0.2, -0.15) is 0 Å². The molecular formula is C15H25N3O. The van der Waals surface area contributed by atoms with Crippen molar-refractivity contribution in [2.45, 2.75) is 33.2 Å². The summed E-state index contributed by atoms with van der Waals surface area (Å²) in [5.74, 6) is 0.959. The Labute approximate surface area is 116 Å². The Morgan fingerprint density at radius 1 is 1.37 bits per heavy atom. The molecule has 0 unspecified atom stereocenters. The van der Waals surface area contributed by atoms with Crippen LogP contribution in [0.3, 0.4) is 0 Å². The number of amidine groups is 1. The number of nitrogen functional groups attached to an aromatic ring is 1. The van der Waals surface area contributed by atoms with E-state index >= 15 is 0 Å². The average molecular weight is 263 g/mol. The molecule has 3 N–H and O–H groups in total. The fourth-order valence-corrected chi connectivity index (χ4v) is 2.04. The van der Waals surface area contributed by atoms with Crippen LogP contribution in [0.1, 0.15) is 37.8 Å². The lowest BCUT2D eigenvalue weighted by atomic mass is 10.1. The molecular weight excluding hydrogens is 238 g/mol. The molecule has 0 fully saturated rings. The summed E-state index contributed by atoms with van der Waals surface area (Å²) in [4.78, 5) is 2.38. The van der Waals surface area contributed by atoms with Crippen molar-refractivity contribution in [3.8, 4) is 5.75 Å². The minimum absolute atomic E-state index is 0.0977. The van der Waals surface area contributed by atoms with Crippen LogP contribution in [-0.2, 0) is 6.54 Å². The molecule has 106 valence electrons. The first-order chi connectivity index (χ1) is 9.12. The Hall–Kier alpha value is -1.55. The van der Waals surface area contributed by atoms with Crippen LogP contribution < -0.4 is 10.5 Å². The maximum Gasteiger partial charge on any atom is 0.123 e. The number of methoxy groups -OCH3 is 1. The topological polar surface area (TPSA) is 62.3 Å². The van der Waals surface area contributed by atoms with E-state index in [4.69, 9.17) is 15.9 Å². The summed E-state index contributed by atoms with van der Waals surface area (Å²) in [5, 5.41) is 7.52. The number of nitrogens with one attached hydrogen (secondary N) is 1. The first-order valence-corrected chi connectivity index (χ1v) is 6.86. The molecule has 0 saturated heterocycles. The van der Waals surface area contributed by atoms with Crippen molar-refractivity contribution in [1.82, 2.24) is 4.90 Å². The second-order valence-electron chi connectivity index (χ2n) is 4.66. The third-order valence-electron chi connectivity index (χ3n) is 3.26. The first kappa shape index (κ1) is 15.5. The third kappa shape index (κ3) is 4.56. The van der Waals surface area contributed by atoms with Crippen molar-refractivity contribution in [3.63, 3.8) is 0 Å². The smallest absolute Gasteiger partial charge is 0.123 e. The van der Waals surface area contributed by atoms with E-state index in [1.165, 1.54) is 12.8 Å². The predicted molar refractivity (Wildman–Crippen MR) is 79.9 cm³/mol. The molecule has 0 amide bonds. The Balaban J connectivity index is 2.89. The Morgan fingerprint density at radius 3 is 2.63 bits per heavy atom. The van der Waals surface area contributed by atoms with E-state index in [-0.39, 0.29) is 5.84 Å². The van der Waals surface area contributed by atoms with Crippen LogP contribution in [0.25, 0.3) is 0 Å². The van der Waals surface area contributed by atoms with Crippen molar-refractivity contribution >= 4 is 5.84 Å². The number of hydrogen-bond acceptors (Lipinski definition) is 3. The number of ether oxygens (including phenoxy) is 1. The van der Waals surface area contributed by atoms with Gasteiger partial charge in [0, 0.05) is 17.7 Å². The molecule has 1 rings (SSSR count). The highest BCUT2D eigenvalue weighted by atomic mass is 16.5. The molecule has 1 aromatic carbocycles. The van der Waals surface area contributed by atoms with Gasteiger partial charge < -0.3 is 10.5 Å². The fourth-order valence-electron chi connectivity index (χ4n) is 2.04. The average Bonchev–Trinajstić information content (AvgIpc) is 2.43. The van der Waals surface area contributed by atoms with Gasteiger partial charge in [-0.05, 0) is 37.7 Å². The zero-order chi connectivity index (χ0) is 14.3. The van der Waals surface area contributed by atoms with Crippen LogP contribution in [0.15, 0.2) is 18.2 Å². The second-order valence-corrected chi connectivity index (χ2v) is 4.66. The van der Waals surface area contributed by atoms with Gasteiger partial charge in [0.15, 0.2) is 0 Å². The number of unbranched alkanes of at least 4 members (excludes halogenated alkanes) is 1. The van der Waals surface area contributed by atoms with Gasteiger partial charge in [0.05, 0.1) is 7.11 Å². The lowest BCUT2D eigenvalue weighted by Gasteiger charge is -2.21. The maximum atomic E-state index is 7.52. The van der Waals surface area contributed by atoms with Gasteiger partial charge in [0.25, 0.3) is 0 Å². The normalized spacial score (nSPS) is 10.7. The van der Waals surface area contributed by atoms with Gasteiger partial charge in [-0.15, -0.1) is 0 Å². The second kappa shape index (κ2) is 7.79. The number of benzene rings is 1. The largest absolute Gasteiger partial charge is 0.496 e. The summed E-state index contributed by atoms with van der Waals surface area (Å²) in [6, 6.07) is 5.67. The highest BCUT2D eigenvalue weighted by Gasteiger charge is 2.10. The molecule has 0 aromatic heterocycles. The van der Waals surface area contributed by atoms with Gasteiger partial charge >= 0.3 is 0 Å². The molecule has 0 aliphatic carbocycles. The molecule has 0 atom stereocenters. The Morgan fingerprint density at radius 2 is 2.11 bits per heavy atom. The summed E-state index contributed by atoms with van der Waals surface area (Å²) in [6.07, 6.45) is 2.39. The monoisotopic (exact) mass is 263 g/mol. The molecule has 0 saturated carbocycles. The molecule has 0 aliphatic rings. The van der Waals surface area contributed by atoms with Crippen LogP contribution in [0.4, 0.5) is 0 Å². The quantitative estimate of drug-likeness (QED) is 0.560. The lowest BCUT2D eigenvalue weighted by Crippen LogP contribution is -2.24. The summed E-state index contributed by atoms with van der Waals surface area (Å²) >= 11 is 0. The van der Waals surface area contributed by atoms with E-state index < -0.39 is 0 Å². The van der Waals surface area contributed by atoms with Crippen LogP contribution in [-0.4, -0.2) is 30.9 Å². The SMILES string of the molecule is CCCCN(CC)Cc1cc(C(=N)N)ccc1OC. The Bertz CT molecular complexity index is 418. The summed E-state index contributed by atoms with van der Waals surface area (Å²) in [5.41, 5.74) is 7.39. The zero-order valence-corrected chi connectivity index (χ0v) is 12.2. The predicted octanol–water partition coefficient (Wildman–Crippen LogP) is 2.60. The van der Waals surface area contributed by atoms with Crippen LogP contribution in [0, 0.1) is 5.41 Å². The van der Waals surface area contributed by atoms with Crippen molar-refractivity contribution in [2.75, 3.05) is 20.2 Å². The van der Waals surface area contributed by atoms with Crippen LogP contribution in [0.2, 0.25) is 0 Å². The molecule has 0 aliphatic heterocycles. The Kier molecular flexibility index (Phi) is 6.36. The summed E-state index contributed by atoms with van der Waals surface area (Å²) in [6.45, 7) is 7.29. The van der Waals surface area contributed by atoms with Crippen molar-refractivity contribution in [3.05, 3.63) is 29.3 Å². The van der Waals surface area contributed by atoms with Gasteiger partial charge in [-0.25, -0.2) is 0 Å². The van der Waals surface area contributed by atoms with Crippen molar-refractivity contribution in [2.24, 2.45) is 5.73 Å². The number of nitrogens with zero attached hydrogens (tertiary/aromatic N) is 1. The van der Waals surface area contributed by atoms with E-state index in [1.54, 1.807) is 7.11 Å². The van der Waals surface area contributed by atoms with Crippen LogP contribution in [0.5, 0.6) is 5.75 Å². The zero-order valence-electron chi connectivity index (χ0n) is 12.2. The summed E-state index contributed by atoms with van der Waals surface area (Å²) in [7, 11) is 1.68. The summed E-state index contributed by atoms with van der Waals surface area (Å²) < 4.78 is 5.39. The molecule has 4 nitrogen and oxygen atoms in total. The number of hydrogen-bond donors (Lipinski definition) is 2. The van der Waals surface area contributed by atoms with Gasteiger partial charge in [-0.1, -0.05) is 20.3 Å². The van der Waals surface area contributed by atoms with E-state index in [0.717, 1.165) is 36.5 Å². The van der Waals surface area contributed by atoms with E-state index in [1.807, 2.05) is 18.2 Å². The standard InChI is InChI=1S/C15H25N3O/c1-4-6-9-18(5-2)11-13-10-12(15(16)17)7-8-14(13)19-3/h7-8,10H,4-6,9,11H2,1-3H3,(H3,16,17). The molecule has 0 bridgehead atoms. The number of rotatable bonds is 8. The first-order valence-electron chi connectivity index (χ1n) is 6.86. The van der Waals surface area contributed by atoms with Gasteiger partial charge in [-0.3, -0.25) is 10.3 Å². The maximum absolute atomic E-state index is 7.52. The molecule has 19 heavy (non-hydrogen) atoms. The highest BCUT2D eigenvalue weighted by Crippen LogP contribution is 2.21. The van der Waals surface area contributed by atoms with Gasteiger partial charge in [0.2, 0.25) is 0 Å². The van der Waals surface area contributed by atoms with E-state index in [0.29, 0.717) is 0 Å². The fraction of sp³-hybridized carbons (Fsp3) is 0.533. The minimum Gasteiger partial charge on any atom is -0.496 e. The van der Waals surface area contributed by atoms with Crippen LogP contribution >= 0.6 is 0 Å². The molecule has 1 aromatic rings. The molecule has 0 spiro atoms. The third-order valence-corrected chi connectivity index (χ3v) is 3.26. The van der Waals surface area contributed by atoms with E-state index in [9.17, 15) is 0 Å².